The molecule has 1 amide bonds. The van der Waals surface area contributed by atoms with Gasteiger partial charge < -0.3 is 24.7 Å². The first-order chi connectivity index (χ1) is 21.8. The normalized spacial score (nSPS) is 16.3. The maximum atomic E-state index is 13.3. The Kier molecular flexibility index (Phi) is 9.09. The van der Waals surface area contributed by atoms with Crippen molar-refractivity contribution < 1.29 is 19.1 Å². The number of halogens is 2. The molecule has 45 heavy (non-hydrogen) atoms. The van der Waals surface area contributed by atoms with Crippen LogP contribution in [-0.2, 0) is 36.1 Å². The number of likely N-dealkylation sites (tertiary alicyclic amines) is 1. The van der Waals surface area contributed by atoms with Gasteiger partial charge in [0.2, 0.25) is 5.88 Å². The van der Waals surface area contributed by atoms with Gasteiger partial charge >= 0.3 is 5.97 Å². The number of fused-ring (bicyclic) bond motifs is 1. The third-order valence-corrected chi connectivity index (χ3v) is 9.29. The molecule has 12 heteroatoms. The Hall–Kier alpha value is -3.96. The molecular weight excluding hydrogens is 615 g/mol. The van der Waals surface area contributed by atoms with Crippen molar-refractivity contribution in [2.24, 2.45) is 13.0 Å². The van der Waals surface area contributed by atoms with Crippen LogP contribution < -0.4 is 15.4 Å². The number of methoxy groups -OCH3 is 2. The Morgan fingerprint density at radius 3 is 2.53 bits per heavy atom. The molecule has 0 spiro atoms. The minimum atomic E-state index is -0.336. The van der Waals surface area contributed by atoms with Gasteiger partial charge in [-0.2, -0.15) is 0 Å². The monoisotopic (exact) mass is 648 g/mol. The highest BCUT2D eigenvalue weighted by Crippen LogP contribution is 2.41. The minimum Gasteiger partial charge on any atom is -0.481 e. The summed E-state index contributed by atoms with van der Waals surface area (Å²) < 4.78 is 12.4. The van der Waals surface area contributed by atoms with Gasteiger partial charge in [-0.3, -0.25) is 14.5 Å². The zero-order chi connectivity index (χ0) is 31.7. The van der Waals surface area contributed by atoms with Crippen molar-refractivity contribution in [3.63, 3.8) is 0 Å². The van der Waals surface area contributed by atoms with E-state index in [-0.39, 0.29) is 17.8 Å². The molecule has 1 atom stereocenters. The number of aromatic nitrogens is 3. The molecule has 1 fully saturated rings. The molecule has 0 saturated carbocycles. The number of nitrogens with one attached hydrogen (secondary N) is 2. The zero-order valence-corrected chi connectivity index (χ0v) is 26.8. The lowest BCUT2D eigenvalue weighted by atomic mass is 10.00. The molecule has 0 radical (unpaired) electrons. The number of nitrogens with zero attached hydrogens (tertiary/aromatic N) is 4. The lowest BCUT2D eigenvalue weighted by Crippen LogP contribution is -2.24. The summed E-state index contributed by atoms with van der Waals surface area (Å²) in [5, 5.41) is 7.06. The number of ether oxygens (including phenoxy) is 2. The fraction of sp³-hybridized carbons (Fsp3) is 0.333. The van der Waals surface area contributed by atoms with Gasteiger partial charge in [0.25, 0.3) is 5.91 Å². The first-order valence-corrected chi connectivity index (χ1v) is 15.5. The van der Waals surface area contributed by atoms with E-state index in [0.717, 1.165) is 42.9 Å². The molecule has 4 heterocycles. The highest BCUT2D eigenvalue weighted by molar-refractivity contribution is 6.39. The van der Waals surface area contributed by atoms with E-state index in [1.54, 1.807) is 13.2 Å². The van der Waals surface area contributed by atoms with E-state index in [1.807, 2.05) is 54.1 Å². The molecular formula is C33H34Cl2N6O4. The van der Waals surface area contributed by atoms with E-state index in [1.165, 1.54) is 7.11 Å². The van der Waals surface area contributed by atoms with Crippen molar-refractivity contribution in [1.82, 2.24) is 24.8 Å². The average molecular weight is 650 g/mol. The summed E-state index contributed by atoms with van der Waals surface area (Å²) >= 11 is 13.9. The van der Waals surface area contributed by atoms with Crippen LogP contribution in [0.1, 0.15) is 34.0 Å². The summed E-state index contributed by atoms with van der Waals surface area (Å²) in [4.78, 5) is 36.8. The second kappa shape index (κ2) is 13.2. The number of anilines is 1. The molecule has 0 bridgehead atoms. The van der Waals surface area contributed by atoms with Gasteiger partial charge in [-0.1, -0.05) is 59.6 Å². The van der Waals surface area contributed by atoms with Crippen LogP contribution in [0.15, 0.2) is 48.5 Å². The van der Waals surface area contributed by atoms with Gasteiger partial charge in [-0.25, -0.2) is 9.97 Å². The maximum Gasteiger partial charge on any atom is 0.310 e. The Morgan fingerprint density at radius 1 is 1.02 bits per heavy atom. The summed E-state index contributed by atoms with van der Waals surface area (Å²) in [6.07, 6.45) is 1.58. The smallest absolute Gasteiger partial charge is 0.310 e. The zero-order valence-electron chi connectivity index (χ0n) is 25.3. The third-order valence-electron chi connectivity index (χ3n) is 8.48. The van der Waals surface area contributed by atoms with Gasteiger partial charge in [0.15, 0.2) is 5.82 Å². The molecule has 2 aliphatic heterocycles. The lowest BCUT2D eigenvalue weighted by Gasteiger charge is -2.18. The predicted octanol–water partition coefficient (Wildman–Crippen LogP) is 5.36. The fourth-order valence-electron chi connectivity index (χ4n) is 6.10. The van der Waals surface area contributed by atoms with Crippen molar-refractivity contribution in [1.29, 1.82) is 0 Å². The van der Waals surface area contributed by atoms with Crippen molar-refractivity contribution in [3.05, 3.63) is 81.4 Å². The maximum absolute atomic E-state index is 13.3. The van der Waals surface area contributed by atoms with Crippen LogP contribution in [0.3, 0.4) is 0 Å². The highest BCUT2D eigenvalue weighted by atomic mass is 35.5. The summed E-state index contributed by atoms with van der Waals surface area (Å²) in [5.74, 6) is 0.194. The fourth-order valence-corrected chi connectivity index (χ4v) is 6.70. The molecule has 2 N–H and O–H groups in total. The molecule has 2 aliphatic rings. The van der Waals surface area contributed by atoms with E-state index in [0.29, 0.717) is 69.5 Å². The Morgan fingerprint density at radius 2 is 1.78 bits per heavy atom. The Labute approximate surface area is 271 Å². The molecule has 2 aromatic carbocycles. The summed E-state index contributed by atoms with van der Waals surface area (Å²) in [5.41, 5.74) is 6.04. The van der Waals surface area contributed by atoms with Crippen molar-refractivity contribution in [2.75, 3.05) is 39.2 Å². The first kappa shape index (κ1) is 31.0. The largest absolute Gasteiger partial charge is 0.481 e. The van der Waals surface area contributed by atoms with E-state index in [4.69, 9.17) is 37.7 Å². The Balaban J connectivity index is 1.24. The third kappa shape index (κ3) is 6.15. The van der Waals surface area contributed by atoms with E-state index in [9.17, 15) is 9.59 Å². The number of pyridine rings is 1. The van der Waals surface area contributed by atoms with Crippen molar-refractivity contribution >= 4 is 40.8 Å². The van der Waals surface area contributed by atoms with Gasteiger partial charge in [0.05, 0.1) is 47.3 Å². The summed E-state index contributed by atoms with van der Waals surface area (Å²) in [6.45, 7) is 3.52. The average Bonchev–Trinajstić information content (AvgIpc) is 3.66. The van der Waals surface area contributed by atoms with Gasteiger partial charge in [0.1, 0.15) is 0 Å². The van der Waals surface area contributed by atoms with E-state index in [2.05, 4.69) is 20.5 Å². The van der Waals surface area contributed by atoms with Crippen LogP contribution in [0.2, 0.25) is 10.0 Å². The minimum absolute atomic E-state index is 0.119. The first-order valence-electron chi connectivity index (χ1n) is 14.8. The van der Waals surface area contributed by atoms with Crippen LogP contribution in [0, 0.1) is 5.92 Å². The number of rotatable bonds is 8. The number of amides is 1. The standard InChI is InChI=1S/C33H34Cl2N6O4/c1-40-27-12-14-36-16-26(27)37-30(40)31(42)38-25-9-5-7-22(29(25)35)21-6-4-8-23(28(21)34)24-11-10-19(32(39-24)44-2)17-41-15-13-20(18-41)33(43)45-3/h4-11,20,36H,12-18H2,1-3H3,(H,38,42)/t20-/m0/s1. The van der Waals surface area contributed by atoms with Crippen LogP contribution >= 0.6 is 23.2 Å². The number of carbonyl (C=O) groups is 2. The number of esters is 1. The number of benzene rings is 2. The van der Waals surface area contributed by atoms with Crippen molar-refractivity contribution in [3.8, 4) is 28.3 Å². The number of carbonyl (C=O) groups excluding carboxylic acids is 2. The summed E-state index contributed by atoms with van der Waals surface area (Å²) in [7, 11) is 4.87. The molecule has 6 rings (SSSR count). The molecule has 4 aromatic rings. The van der Waals surface area contributed by atoms with Crippen LogP contribution in [0.25, 0.3) is 22.4 Å². The second-order valence-corrected chi connectivity index (χ2v) is 12.0. The predicted molar refractivity (Wildman–Crippen MR) is 174 cm³/mol. The number of hydrogen-bond donors (Lipinski definition) is 2. The summed E-state index contributed by atoms with van der Waals surface area (Å²) in [6, 6.07) is 15.0. The topological polar surface area (TPSA) is 111 Å². The Bertz CT molecular complexity index is 1770. The van der Waals surface area contributed by atoms with E-state index >= 15 is 0 Å². The number of hydrogen-bond acceptors (Lipinski definition) is 8. The molecule has 1 saturated heterocycles. The van der Waals surface area contributed by atoms with Gasteiger partial charge in [-0.15, -0.1) is 0 Å². The highest BCUT2D eigenvalue weighted by Gasteiger charge is 2.30. The second-order valence-electron chi connectivity index (χ2n) is 11.2. The molecule has 234 valence electrons. The van der Waals surface area contributed by atoms with Gasteiger partial charge in [-0.05, 0) is 25.1 Å². The lowest BCUT2D eigenvalue weighted by molar-refractivity contribution is -0.144. The van der Waals surface area contributed by atoms with Crippen molar-refractivity contribution in [2.45, 2.75) is 25.9 Å². The van der Waals surface area contributed by atoms with Crippen LogP contribution in [0.5, 0.6) is 5.88 Å². The van der Waals surface area contributed by atoms with Crippen LogP contribution in [-0.4, -0.2) is 65.2 Å². The molecule has 0 aliphatic carbocycles. The SMILES string of the molecule is COC(=O)[C@H]1CCN(Cc2ccc(-c3cccc(-c4cccc(NC(=O)c5nc6c(n5C)CCNC6)c4Cl)c3Cl)nc2OC)C1. The molecule has 10 nitrogen and oxygen atoms in total. The van der Waals surface area contributed by atoms with Gasteiger partial charge in [0, 0.05) is 67.6 Å². The molecule has 0 unspecified atom stereocenters. The van der Waals surface area contributed by atoms with Crippen LogP contribution in [0.4, 0.5) is 5.69 Å². The van der Waals surface area contributed by atoms with E-state index < -0.39 is 0 Å². The quantitative estimate of drug-likeness (QED) is 0.246. The molecule has 2 aromatic heterocycles. The number of imidazole rings is 1.